The minimum atomic E-state index is -5.30. The van der Waals surface area contributed by atoms with Crippen molar-refractivity contribution in [3.63, 3.8) is 0 Å². The van der Waals surface area contributed by atoms with Gasteiger partial charge in [-0.1, -0.05) is 39.3 Å². The summed E-state index contributed by atoms with van der Waals surface area (Å²) in [5, 5.41) is 0.778. The van der Waals surface area contributed by atoms with Crippen molar-refractivity contribution in [3.05, 3.63) is 70.8 Å². The van der Waals surface area contributed by atoms with E-state index < -0.39 is 23.9 Å². The molecule has 0 aliphatic carbocycles. The number of aromatic nitrogens is 3. The average Bonchev–Trinajstić information content (AvgIpc) is 3.21. The van der Waals surface area contributed by atoms with E-state index in [4.69, 9.17) is 9.82 Å². The van der Waals surface area contributed by atoms with Gasteiger partial charge < -0.3 is 9.74 Å². The molecule has 1 aromatic carbocycles. The van der Waals surface area contributed by atoms with E-state index in [1.807, 2.05) is 20.8 Å². The number of fused-ring (bicyclic) bond motifs is 1. The monoisotopic (exact) mass is 650 g/mol. The fourth-order valence-electron chi connectivity index (χ4n) is 5.72. The van der Waals surface area contributed by atoms with Crippen molar-refractivity contribution < 1.29 is 36.0 Å². The molecule has 2 aliphatic rings. The molecule has 8 nitrogen and oxygen atoms in total. The van der Waals surface area contributed by atoms with E-state index in [1.54, 1.807) is 24.3 Å². The quantitative estimate of drug-likeness (QED) is 0.210. The highest BCUT2D eigenvalue weighted by Crippen LogP contribution is 2.38. The number of carbonyl (C=O) groups excluding carboxylic acids is 1. The van der Waals surface area contributed by atoms with Crippen LogP contribution >= 0.6 is 0 Å². The zero-order valence-corrected chi connectivity index (χ0v) is 25.9. The summed E-state index contributed by atoms with van der Waals surface area (Å²) < 4.78 is 82.4. The highest BCUT2D eigenvalue weighted by Gasteiger charge is 2.44. The largest absolute Gasteiger partial charge is 0.493 e. The highest BCUT2D eigenvalue weighted by atomic mass is 19.4. The maximum Gasteiger partial charge on any atom is 0.493 e. The van der Waals surface area contributed by atoms with Gasteiger partial charge in [0, 0.05) is 31.3 Å². The van der Waals surface area contributed by atoms with Gasteiger partial charge in [-0.25, -0.2) is 19.7 Å². The van der Waals surface area contributed by atoms with Gasteiger partial charge in [-0.15, -0.1) is 0 Å². The van der Waals surface area contributed by atoms with Crippen molar-refractivity contribution in [2.24, 2.45) is 0 Å². The van der Waals surface area contributed by atoms with E-state index in [1.165, 1.54) is 17.2 Å². The Kier molecular flexibility index (Phi) is 9.48. The molecule has 0 atom stereocenters. The van der Waals surface area contributed by atoms with E-state index in [0.29, 0.717) is 23.6 Å². The van der Waals surface area contributed by atoms with Gasteiger partial charge in [-0.2, -0.15) is 31.4 Å². The number of halogens is 6. The first-order chi connectivity index (χ1) is 21.6. The third-order valence-corrected chi connectivity index (χ3v) is 8.14. The molecular formula is C32H36F6N6O2. The highest BCUT2D eigenvalue weighted by molar-refractivity contribution is 5.78. The van der Waals surface area contributed by atoms with Gasteiger partial charge in [-0.05, 0) is 67.6 Å². The lowest BCUT2D eigenvalue weighted by Crippen LogP contribution is -2.34. The minimum Gasteiger partial charge on any atom is -0.355 e. The van der Waals surface area contributed by atoms with Crippen LogP contribution in [0.25, 0.3) is 0 Å². The first-order valence-corrected chi connectivity index (χ1v) is 15.2. The van der Waals surface area contributed by atoms with Gasteiger partial charge in [0.1, 0.15) is 11.6 Å². The summed E-state index contributed by atoms with van der Waals surface area (Å²) in [6, 6.07) is 8.75. The second-order valence-corrected chi connectivity index (χ2v) is 12.6. The van der Waals surface area contributed by atoms with Crippen LogP contribution in [0.15, 0.2) is 42.6 Å². The molecule has 2 aromatic heterocycles. The Morgan fingerprint density at radius 2 is 1.57 bits per heavy atom. The molecule has 0 amide bonds. The molecule has 0 unspecified atom stereocenters. The lowest BCUT2D eigenvalue weighted by molar-refractivity contribution is -0.199. The van der Waals surface area contributed by atoms with Gasteiger partial charge >= 0.3 is 18.3 Å². The summed E-state index contributed by atoms with van der Waals surface area (Å²) in [5.74, 6) is -2.42. The van der Waals surface area contributed by atoms with Crippen molar-refractivity contribution in [2.75, 3.05) is 36.1 Å². The van der Waals surface area contributed by atoms with Gasteiger partial charge in [-0.3, -0.25) is 4.90 Å². The van der Waals surface area contributed by atoms with Crippen LogP contribution < -0.4 is 9.96 Å². The molecule has 1 fully saturated rings. The number of likely N-dealkylation sites (tertiary alicyclic amines) is 1. The molecule has 0 N–H and O–H groups in total. The molecule has 3 aromatic rings. The van der Waals surface area contributed by atoms with E-state index in [2.05, 4.69) is 14.9 Å². The summed E-state index contributed by atoms with van der Waals surface area (Å²) in [5.41, 5.74) is 0.715. The lowest BCUT2D eigenvalue weighted by atomic mass is 9.87. The van der Waals surface area contributed by atoms with Crippen LogP contribution in [0.2, 0.25) is 0 Å². The third-order valence-electron chi connectivity index (χ3n) is 8.14. The summed E-state index contributed by atoms with van der Waals surface area (Å²) in [4.78, 5) is 34.4. The number of benzene rings is 1. The standard InChI is InChI=1S/C32H36F6N6O2/c1-30(2,3)21-9-11-22(12-10-21)44(46-29(45)32(36,37)38)27-23-13-18-43(28-24(31(33,34)35)8-7-15-39-28)19-14-25(23)40-26(41-27)20-42-16-5-4-6-17-42/h7-12,15H,4-6,13-14,16-20H2,1-3H3. The Bertz CT molecular complexity index is 1530. The van der Waals surface area contributed by atoms with Crippen molar-refractivity contribution in [1.82, 2.24) is 19.9 Å². The second-order valence-electron chi connectivity index (χ2n) is 12.6. The summed E-state index contributed by atoms with van der Waals surface area (Å²) >= 11 is 0. The number of anilines is 3. The van der Waals surface area contributed by atoms with Crippen molar-refractivity contribution >= 4 is 23.3 Å². The van der Waals surface area contributed by atoms with E-state index in [9.17, 15) is 31.1 Å². The molecule has 4 heterocycles. The number of pyridine rings is 1. The maximum atomic E-state index is 13.9. The zero-order chi connectivity index (χ0) is 33.3. The van der Waals surface area contributed by atoms with Gasteiger partial charge in [0.2, 0.25) is 0 Å². The maximum absolute atomic E-state index is 13.9. The Balaban J connectivity index is 1.60. The third kappa shape index (κ3) is 7.71. The predicted octanol–water partition coefficient (Wildman–Crippen LogP) is 6.94. The lowest BCUT2D eigenvalue weighted by Gasteiger charge is -2.28. The molecule has 2 aliphatic heterocycles. The molecule has 0 saturated carbocycles. The Morgan fingerprint density at radius 1 is 0.891 bits per heavy atom. The Hall–Kier alpha value is -3.94. The van der Waals surface area contributed by atoms with Gasteiger partial charge in [0.05, 0.1) is 23.5 Å². The number of piperidine rings is 1. The Morgan fingerprint density at radius 3 is 2.20 bits per heavy atom. The first-order valence-electron chi connectivity index (χ1n) is 15.2. The second kappa shape index (κ2) is 13.0. The van der Waals surface area contributed by atoms with Gasteiger partial charge in [0.25, 0.3) is 0 Å². The van der Waals surface area contributed by atoms with E-state index in [0.717, 1.165) is 49.0 Å². The summed E-state index contributed by atoms with van der Waals surface area (Å²) in [7, 11) is 0. The zero-order valence-electron chi connectivity index (χ0n) is 25.9. The van der Waals surface area contributed by atoms with Crippen LogP contribution in [0.1, 0.15) is 68.2 Å². The summed E-state index contributed by atoms with van der Waals surface area (Å²) in [6.45, 7) is 8.02. The fourth-order valence-corrected chi connectivity index (χ4v) is 5.72. The van der Waals surface area contributed by atoms with Gasteiger partial charge in [0.15, 0.2) is 5.82 Å². The molecular weight excluding hydrogens is 614 g/mol. The normalized spacial score (nSPS) is 16.5. The smallest absolute Gasteiger partial charge is 0.355 e. The topological polar surface area (TPSA) is 74.7 Å². The molecule has 46 heavy (non-hydrogen) atoms. The number of alkyl halides is 6. The van der Waals surface area contributed by atoms with Crippen LogP contribution in [0.5, 0.6) is 0 Å². The number of hydrogen-bond donors (Lipinski definition) is 0. The van der Waals surface area contributed by atoms with Crippen LogP contribution in [0.4, 0.5) is 43.7 Å². The predicted molar refractivity (Wildman–Crippen MR) is 159 cm³/mol. The van der Waals surface area contributed by atoms with Crippen molar-refractivity contribution in [3.8, 4) is 0 Å². The number of nitrogens with zero attached hydrogens (tertiary/aromatic N) is 6. The molecule has 14 heteroatoms. The number of rotatable bonds is 6. The van der Waals surface area contributed by atoms with Crippen LogP contribution in [-0.4, -0.2) is 58.2 Å². The van der Waals surface area contributed by atoms with Crippen LogP contribution in [0, 0.1) is 0 Å². The van der Waals surface area contributed by atoms with Crippen LogP contribution in [0.3, 0.4) is 0 Å². The number of hydrogen-bond acceptors (Lipinski definition) is 8. The van der Waals surface area contributed by atoms with Crippen molar-refractivity contribution in [2.45, 2.75) is 77.2 Å². The van der Waals surface area contributed by atoms with Crippen LogP contribution in [-0.2, 0) is 40.6 Å². The molecule has 248 valence electrons. The molecule has 0 spiro atoms. The van der Waals surface area contributed by atoms with Crippen molar-refractivity contribution in [1.29, 1.82) is 0 Å². The molecule has 0 radical (unpaired) electrons. The van der Waals surface area contributed by atoms with E-state index >= 15 is 0 Å². The molecule has 0 bridgehead atoms. The first kappa shape index (κ1) is 33.4. The Labute approximate surface area is 263 Å². The SMILES string of the molecule is CC(C)(C)c1ccc(N(OC(=O)C(F)(F)F)c2nc(CN3CCCCC3)nc3c2CCN(c2ncccc2C(F)(F)F)CC3)cc1. The molecule has 5 rings (SSSR count). The molecule has 1 saturated heterocycles. The number of carbonyl (C=O) groups is 1. The fraction of sp³-hybridized carbons (Fsp3) is 0.500. The average molecular weight is 651 g/mol. The van der Waals surface area contributed by atoms with E-state index in [-0.39, 0.29) is 48.7 Å². The minimum absolute atomic E-state index is 0.0406. The summed E-state index contributed by atoms with van der Waals surface area (Å²) in [6.07, 6.45) is -5.39.